The van der Waals surface area contributed by atoms with Crippen LogP contribution in [0.25, 0.3) is 6.08 Å². The molecule has 2 aliphatic rings. The van der Waals surface area contributed by atoms with Crippen LogP contribution in [0.2, 0.25) is 13.1 Å². The zero-order valence-corrected chi connectivity index (χ0v) is 20.5. The number of nitrogens with zero attached hydrogens (tertiary/aromatic N) is 4. The number of imide groups is 2. The summed E-state index contributed by atoms with van der Waals surface area (Å²) >= 11 is 1.52. The van der Waals surface area contributed by atoms with Gasteiger partial charge in [-0.1, -0.05) is 37.4 Å². The standard InChI is InChI=1S/C24H22N4O3SSi/c1-26-21(29)16(22(30)27(2)24(26)31)13-15-14-19-23(32-15)28(20-11-7-8-12-25-20)17-9-5-6-10-18(17)33(19,3)4/h5-14H,1-4H3. The summed E-state index contributed by atoms with van der Waals surface area (Å²) in [6.07, 6.45) is 3.38. The zero-order valence-electron chi connectivity index (χ0n) is 18.7. The number of thiophene rings is 1. The smallest absolute Gasteiger partial charge is 0.286 e. The van der Waals surface area contributed by atoms with E-state index < -0.39 is 25.9 Å². The Labute approximate surface area is 196 Å². The van der Waals surface area contributed by atoms with Crippen molar-refractivity contribution in [2.75, 3.05) is 19.0 Å². The Hall–Kier alpha value is -3.56. The average Bonchev–Trinajstić information content (AvgIpc) is 3.25. The number of para-hydroxylation sites is 1. The lowest BCUT2D eigenvalue weighted by molar-refractivity contribution is -0.134. The lowest BCUT2D eigenvalue weighted by atomic mass is 10.1. The predicted octanol–water partition coefficient (Wildman–Crippen LogP) is 3.18. The van der Waals surface area contributed by atoms with Gasteiger partial charge in [0.1, 0.15) is 24.5 Å². The molecule has 0 atom stereocenters. The number of carbonyl (C=O) groups is 3. The molecule has 4 heterocycles. The van der Waals surface area contributed by atoms with Crippen LogP contribution in [-0.4, -0.2) is 54.8 Å². The Bertz CT molecular complexity index is 1320. The van der Waals surface area contributed by atoms with Crippen molar-refractivity contribution in [3.63, 3.8) is 0 Å². The quantitative estimate of drug-likeness (QED) is 0.324. The van der Waals surface area contributed by atoms with E-state index in [0.717, 1.165) is 31.2 Å². The maximum atomic E-state index is 12.7. The van der Waals surface area contributed by atoms with Gasteiger partial charge < -0.3 is 0 Å². The fourth-order valence-corrected chi connectivity index (χ4v) is 9.22. The van der Waals surface area contributed by atoms with Crippen LogP contribution in [-0.2, 0) is 9.59 Å². The topological polar surface area (TPSA) is 73.8 Å². The number of hydrogen-bond donors (Lipinski definition) is 0. The first-order valence-electron chi connectivity index (χ1n) is 10.5. The van der Waals surface area contributed by atoms with E-state index in [1.165, 1.54) is 35.8 Å². The third kappa shape index (κ3) is 3.15. The van der Waals surface area contributed by atoms with Crippen molar-refractivity contribution in [3.05, 3.63) is 65.2 Å². The fourth-order valence-electron chi connectivity index (χ4n) is 4.37. The number of likely N-dealkylation sites (N-methyl/N-ethyl adjacent to an activating group) is 2. The Kier molecular flexibility index (Phi) is 4.84. The molecule has 1 fully saturated rings. The maximum Gasteiger partial charge on any atom is 0.333 e. The van der Waals surface area contributed by atoms with Crippen LogP contribution >= 0.6 is 11.3 Å². The van der Waals surface area contributed by atoms with Gasteiger partial charge in [-0.05, 0) is 40.7 Å². The normalized spacial score (nSPS) is 17.3. The molecule has 9 heteroatoms. The first-order chi connectivity index (χ1) is 15.7. The summed E-state index contributed by atoms with van der Waals surface area (Å²) in [7, 11) is 0.714. The third-order valence-corrected chi connectivity index (χ3v) is 11.0. The highest BCUT2D eigenvalue weighted by Gasteiger charge is 2.41. The van der Waals surface area contributed by atoms with Crippen LogP contribution < -0.4 is 15.3 Å². The van der Waals surface area contributed by atoms with Gasteiger partial charge in [0.25, 0.3) is 11.8 Å². The van der Waals surface area contributed by atoms with Crippen molar-refractivity contribution in [2.24, 2.45) is 0 Å². The van der Waals surface area contributed by atoms with Gasteiger partial charge in [-0.2, -0.15) is 0 Å². The highest BCUT2D eigenvalue weighted by atomic mass is 32.1. The first-order valence-corrected chi connectivity index (χ1v) is 14.3. The number of rotatable bonds is 2. The molecule has 0 saturated carbocycles. The minimum Gasteiger partial charge on any atom is -0.286 e. The molecule has 166 valence electrons. The van der Waals surface area contributed by atoms with Crippen LogP contribution in [0.4, 0.5) is 21.3 Å². The van der Waals surface area contributed by atoms with E-state index >= 15 is 0 Å². The SMILES string of the molecule is CN1C(=O)C(=Cc2cc3c(s2)N(c2ccccn2)c2ccccc2[Si]3(C)C)C(=O)N(C)C1=O. The summed E-state index contributed by atoms with van der Waals surface area (Å²) in [6.45, 7) is 4.61. The summed E-state index contributed by atoms with van der Waals surface area (Å²) in [5.74, 6) is -0.363. The monoisotopic (exact) mass is 474 g/mol. The van der Waals surface area contributed by atoms with Crippen molar-refractivity contribution in [3.8, 4) is 0 Å². The Morgan fingerprint density at radius 1 is 0.909 bits per heavy atom. The summed E-state index contributed by atoms with van der Waals surface area (Å²) in [6, 6.07) is 15.7. The van der Waals surface area contributed by atoms with Crippen LogP contribution in [0.3, 0.4) is 0 Å². The van der Waals surface area contributed by atoms with Gasteiger partial charge in [0.05, 0.1) is 0 Å². The van der Waals surface area contributed by atoms with Crippen molar-refractivity contribution in [1.29, 1.82) is 0 Å². The highest BCUT2D eigenvalue weighted by molar-refractivity contribution is 7.21. The molecule has 4 amide bonds. The number of barbiturate groups is 1. The van der Waals surface area contributed by atoms with Gasteiger partial charge in [0, 0.05) is 30.9 Å². The minimum atomic E-state index is -2.06. The van der Waals surface area contributed by atoms with Crippen LogP contribution in [0, 0.1) is 0 Å². The van der Waals surface area contributed by atoms with Crippen LogP contribution in [0.15, 0.2) is 60.3 Å². The second kappa shape index (κ2) is 7.50. The molecule has 5 rings (SSSR count). The maximum absolute atomic E-state index is 12.7. The summed E-state index contributed by atoms with van der Waals surface area (Å²) in [5.41, 5.74) is 1.09. The number of amides is 4. The number of hydrogen-bond acceptors (Lipinski definition) is 6. The van der Waals surface area contributed by atoms with Gasteiger partial charge in [-0.25, -0.2) is 9.78 Å². The van der Waals surface area contributed by atoms with Gasteiger partial charge >= 0.3 is 6.03 Å². The van der Waals surface area contributed by atoms with E-state index in [-0.39, 0.29) is 5.57 Å². The number of aromatic nitrogens is 1. The predicted molar refractivity (Wildman–Crippen MR) is 132 cm³/mol. The molecule has 1 aromatic carbocycles. The molecule has 0 radical (unpaired) electrons. The van der Waals surface area contributed by atoms with Gasteiger partial charge in [0.15, 0.2) is 0 Å². The highest BCUT2D eigenvalue weighted by Crippen LogP contribution is 2.41. The number of pyridine rings is 1. The second-order valence-corrected chi connectivity index (χ2v) is 14.0. The molecule has 2 aromatic heterocycles. The van der Waals surface area contributed by atoms with Crippen LogP contribution in [0.5, 0.6) is 0 Å². The lowest BCUT2D eigenvalue weighted by Crippen LogP contribution is -2.57. The summed E-state index contributed by atoms with van der Waals surface area (Å²) in [4.78, 5) is 47.0. The number of anilines is 3. The molecule has 1 saturated heterocycles. The first kappa shape index (κ1) is 21.3. The molecule has 0 bridgehead atoms. The van der Waals surface area contributed by atoms with Gasteiger partial charge in [0.2, 0.25) is 0 Å². The number of benzene rings is 1. The molecule has 2 aliphatic heterocycles. The second-order valence-electron chi connectivity index (χ2n) is 8.60. The van der Waals surface area contributed by atoms with E-state index in [1.54, 1.807) is 12.3 Å². The minimum absolute atomic E-state index is 0.0143. The van der Waals surface area contributed by atoms with Crippen molar-refractivity contribution in [1.82, 2.24) is 14.8 Å². The average molecular weight is 475 g/mol. The molecule has 0 N–H and O–H groups in total. The van der Waals surface area contributed by atoms with E-state index in [1.807, 2.05) is 24.3 Å². The van der Waals surface area contributed by atoms with E-state index in [4.69, 9.17) is 0 Å². The molecular formula is C24H22N4O3SSi. The third-order valence-electron chi connectivity index (χ3n) is 6.24. The van der Waals surface area contributed by atoms with E-state index in [0.29, 0.717) is 0 Å². The number of fused-ring (bicyclic) bond motifs is 2. The van der Waals surface area contributed by atoms with Crippen molar-refractivity contribution in [2.45, 2.75) is 13.1 Å². The number of urea groups is 1. The molecule has 3 aromatic rings. The molecular weight excluding hydrogens is 452 g/mol. The van der Waals surface area contributed by atoms with Crippen molar-refractivity contribution < 1.29 is 14.4 Å². The zero-order chi connectivity index (χ0) is 23.5. The summed E-state index contributed by atoms with van der Waals surface area (Å²) in [5, 5.41) is 3.57. The number of carbonyl (C=O) groups excluding carboxylic acids is 3. The van der Waals surface area contributed by atoms with Gasteiger partial charge in [-0.3, -0.25) is 24.3 Å². The Morgan fingerprint density at radius 3 is 2.24 bits per heavy atom. The van der Waals surface area contributed by atoms with Gasteiger partial charge in [-0.15, -0.1) is 11.3 Å². The fraction of sp³-hybridized carbons (Fsp3) is 0.167. The lowest BCUT2D eigenvalue weighted by Gasteiger charge is -2.38. The Balaban J connectivity index is 1.69. The molecule has 0 aliphatic carbocycles. The van der Waals surface area contributed by atoms with E-state index in [2.05, 4.69) is 47.2 Å². The molecule has 33 heavy (non-hydrogen) atoms. The molecule has 7 nitrogen and oxygen atoms in total. The largest absolute Gasteiger partial charge is 0.333 e. The van der Waals surface area contributed by atoms with E-state index in [9.17, 15) is 14.4 Å². The van der Waals surface area contributed by atoms with Crippen LogP contribution in [0.1, 0.15) is 4.88 Å². The molecule has 0 unspecified atom stereocenters. The summed E-state index contributed by atoms with van der Waals surface area (Å²) < 4.78 is 0. The molecule has 0 spiro atoms. The van der Waals surface area contributed by atoms with Crippen molar-refractivity contribution >= 4 is 70.2 Å². The Morgan fingerprint density at radius 2 is 1.58 bits per heavy atom.